The number of ether oxygens (including phenoxy) is 4. The number of H-pyrrole nitrogens is 1. The first kappa shape index (κ1) is 30.3. The largest absolute Gasteiger partial charge is 0.463 e. The van der Waals surface area contributed by atoms with E-state index in [4.69, 9.17) is 30.2 Å². The smallest absolute Gasteiger partial charge is 0.330 e. The van der Waals surface area contributed by atoms with E-state index >= 15 is 0 Å². The summed E-state index contributed by atoms with van der Waals surface area (Å²) in [7, 11) is 0. The summed E-state index contributed by atoms with van der Waals surface area (Å²) in [5.41, 5.74) is 12.9. The summed E-state index contributed by atoms with van der Waals surface area (Å²) in [4.78, 5) is 65.0. The lowest BCUT2D eigenvalue weighted by molar-refractivity contribution is -0.156. The molecule has 0 aliphatic carbocycles. The minimum Gasteiger partial charge on any atom is -0.463 e. The van der Waals surface area contributed by atoms with Crippen LogP contribution in [0, 0.1) is 6.92 Å². The second-order valence-corrected chi connectivity index (χ2v) is 9.33. The number of aromatic nitrogens is 6. The van der Waals surface area contributed by atoms with Crippen LogP contribution in [0.2, 0.25) is 0 Å². The van der Waals surface area contributed by atoms with Crippen LogP contribution in [0.25, 0.3) is 10.4 Å². The Kier molecular flexibility index (Phi) is 9.28. The third-order valence-corrected chi connectivity index (χ3v) is 6.42. The lowest BCUT2D eigenvalue weighted by Crippen LogP contribution is -2.34. The van der Waals surface area contributed by atoms with Gasteiger partial charge in [0.15, 0.2) is 6.23 Å². The van der Waals surface area contributed by atoms with Gasteiger partial charge in [0.25, 0.3) is 17.3 Å². The molecule has 0 spiro atoms. The zero-order valence-corrected chi connectivity index (χ0v) is 21.9. The number of amides is 1. The number of aromatic amines is 1. The molecule has 2 aromatic rings. The molecule has 7 unspecified atom stereocenters. The number of carbonyl (C=O) groups excluding carboxylic acids is 3. The van der Waals surface area contributed by atoms with Gasteiger partial charge in [0, 0.05) is 23.1 Å². The van der Waals surface area contributed by atoms with Gasteiger partial charge >= 0.3 is 17.6 Å². The topological polar surface area (TPSA) is 302 Å². The second-order valence-electron chi connectivity index (χ2n) is 9.33. The van der Waals surface area contributed by atoms with Crippen molar-refractivity contribution in [1.29, 1.82) is 0 Å². The van der Waals surface area contributed by atoms with E-state index in [0.717, 1.165) is 9.36 Å². The van der Waals surface area contributed by atoms with E-state index in [1.165, 1.54) is 13.1 Å². The van der Waals surface area contributed by atoms with Crippen molar-refractivity contribution in [3.63, 3.8) is 0 Å². The van der Waals surface area contributed by atoms with E-state index in [1.54, 1.807) is 0 Å². The molecule has 5 N–H and O–H groups in total. The summed E-state index contributed by atoms with van der Waals surface area (Å²) in [5, 5.41) is 34.6. The first-order chi connectivity index (χ1) is 20.0. The fourth-order valence-electron chi connectivity index (χ4n) is 4.21. The molecule has 2 aliphatic rings. The predicted molar refractivity (Wildman–Crippen MR) is 131 cm³/mol. The van der Waals surface area contributed by atoms with Gasteiger partial charge in [-0.3, -0.25) is 28.7 Å². The van der Waals surface area contributed by atoms with Crippen molar-refractivity contribution in [2.45, 2.75) is 69.1 Å². The van der Waals surface area contributed by atoms with Gasteiger partial charge in [-0.05, 0) is 17.7 Å². The molecule has 2 aromatic heterocycles. The lowest BCUT2D eigenvalue weighted by atomic mass is 10.1. The Hall–Kier alpha value is -4.69. The van der Waals surface area contributed by atoms with E-state index in [2.05, 4.69) is 30.4 Å². The highest BCUT2D eigenvalue weighted by atomic mass is 16.6. The second kappa shape index (κ2) is 12.9. The van der Waals surface area contributed by atoms with Crippen molar-refractivity contribution in [3.05, 3.63) is 48.9 Å². The van der Waals surface area contributed by atoms with E-state index in [-0.39, 0.29) is 18.6 Å². The molecule has 0 radical (unpaired) electrons. The Morgan fingerprint density at radius 1 is 1.17 bits per heavy atom. The minimum atomic E-state index is -1.54. The molecule has 21 nitrogen and oxygen atoms in total. The summed E-state index contributed by atoms with van der Waals surface area (Å²) in [6.07, 6.45) is -6.78. The molecule has 7 atom stereocenters. The number of nitrogens with zero attached hydrogens (tertiary/aromatic N) is 8. The highest BCUT2D eigenvalue weighted by molar-refractivity contribution is 5.88. The quantitative estimate of drug-likeness (QED) is 0.0877. The number of esters is 2. The van der Waals surface area contributed by atoms with Crippen LogP contribution in [0.5, 0.6) is 0 Å². The van der Waals surface area contributed by atoms with Gasteiger partial charge < -0.3 is 34.9 Å². The Morgan fingerprint density at radius 2 is 1.83 bits per heavy atom. The standard InChI is InChI=1S/C21H26N10O11/c1-8-5-30(21(38)24-19(8)37)12-4-9(25-28-23)10(41-12)6-39-13(32)2-3-14(33)40-7-11-15(34)16(35)20(42-11)31-27-18(17(22)36)26-29-31/h5,9-12,15-16,20,34-35H,2-4,6-7H2,1H3,(H2,22,36)(H,24,37,38). The average molecular weight is 594 g/mol. The zero-order valence-electron chi connectivity index (χ0n) is 21.9. The number of nitrogens with one attached hydrogen (secondary N) is 1. The molecule has 0 bridgehead atoms. The first-order valence-electron chi connectivity index (χ1n) is 12.4. The van der Waals surface area contributed by atoms with Gasteiger partial charge in [-0.25, -0.2) is 4.79 Å². The fraction of sp³-hybridized carbons (Fsp3) is 0.619. The molecule has 1 amide bonds. The van der Waals surface area contributed by atoms with E-state index in [9.17, 15) is 34.2 Å². The highest BCUT2D eigenvalue weighted by Gasteiger charge is 2.46. The molecule has 4 rings (SSSR count). The summed E-state index contributed by atoms with van der Waals surface area (Å²) >= 11 is 0. The van der Waals surface area contributed by atoms with Gasteiger partial charge in [-0.2, -0.15) is 0 Å². The highest BCUT2D eigenvalue weighted by Crippen LogP contribution is 2.31. The predicted octanol–water partition coefficient (Wildman–Crippen LogP) is -2.92. The summed E-state index contributed by atoms with van der Waals surface area (Å²) in [6, 6.07) is -0.788. The number of aliphatic hydroxyl groups is 2. The number of aryl methyl sites for hydroxylation is 1. The maximum atomic E-state index is 12.2. The van der Waals surface area contributed by atoms with Crippen molar-refractivity contribution in [3.8, 4) is 0 Å². The maximum Gasteiger partial charge on any atom is 0.330 e. The molecule has 4 heterocycles. The van der Waals surface area contributed by atoms with Crippen LogP contribution in [-0.4, -0.2) is 101 Å². The molecule has 2 aliphatic heterocycles. The normalized spacial score (nSPS) is 26.9. The summed E-state index contributed by atoms with van der Waals surface area (Å²) in [5.74, 6) is -3.04. The van der Waals surface area contributed by atoms with Crippen LogP contribution in [0.4, 0.5) is 0 Å². The molecule has 21 heteroatoms. The number of rotatable bonds is 11. The molecule has 42 heavy (non-hydrogen) atoms. The number of hydrogen-bond donors (Lipinski definition) is 4. The Morgan fingerprint density at radius 3 is 2.45 bits per heavy atom. The number of nitrogens with two attached hydrogens (primary N) is 1. The van der Waals surface area contributed by atoms with Gasteiger partial charge in [-0.15, -0.1) is 15.0 Å². The van der Waals surface area contributed by atoms with Crippen LogP contribution in [0.15, 0.2) is 20.9 Å². The fourth-order valence-corrected chi connectivity index (χ4v) is 4.21. The Bertz CT molecular complexity index is 1500. The third-order valence-electron chi connectivity index (χ3n) is 6.42. The summed E-state index contributed by atoms with van der Waals surface area (Å²) < 4.78 is 22.5. The van der Waals surface area contributed by atoms with E-state index in [1.807, 2.05) is 0 Å². The van der Waals surface area contributed by atoms with Gasteiger partial charge in [0.2, 0.25) is 0 Å². The van der Waals surface area contributed by atoms with Crippen molar-refractivity contribution >= 4 is 17.8 Å². The van der Waals surface area contributed by atoms with Crippen molar-refractivity contribution in [1.82, 2.24) is 29.8 Å². The molecule has 0 aromatic carbocycles. The van der Waals surface area contributed by atoms with Crippen molar-refractivity contribution < 1.29 is 43.5 Å². The SMILES string of the molecule is Cc1cn(C2CC(N=[N+]=[N-])C(COC(=O)CCC(=O)OCC3OC(n4nnc(C(N)=O)n4)C(O)C3O)O2)c(=O)[nH]c1=O. The van der Waals surface area contributed by atoms with Crippen LogP contribution in [0.1, 0.15) is 47.9 Å². The summed E-state index contributed by atoms with van der Waals surface area (Å²) in [6.45, 7) is 0.662. The van der Waals surface area contributed by atoms with E-state index < -0.39 is 97.3 Å². The van der Waals surface area contributed by atoms with Crippen molar-refractivity contribution in [2.24, 2.45) is 10.8 Å². The Labute approximate surface area is 233 Å². The molecule has 2 fully saturated rings. The number of primary amides is 1. The van der Waals surface area contributed by atoms with Crippen LogP contribution >= 0.6 is 0 Å². The van der Waals surface area contributed by atoms with Crippen LogP contribution in [-0.2, 0) is 28.5 Å². The zero-order chi connectivity index (χ0) is 30.6. The number of aliphatic hydroxyl groups excluding tert-OH is 2. The average Bonchev–Trinajstić information content (AvgIpc) is 3.66. The molecular weight excluding hydrogens is 568 g/mol. The van der Waals surface area contributed by atoms with Gasteiger partial charge in [-0.1, -0.05) is 5.11 Å². The number of carbonyl (C=O) groups is 3. The molecule has 0 saturated carbocycles. The monoisotopic (exact) mass is 594 g/mol. The number of hydrogen-bond acceptors (Lipinski definition) is 15. The maximum absolute atomic E-state index is 12.2. The number of azide groups is 1. The lowest BCUT2D eigenvalue weighted by Gasteiger charge is -2.17. The van der Waals surface area contributed by atoms with Gasteiger partial charge in [0.1, 0.15) is 43.9 Å². The first-order valence-corrected chi connectivity index (χ1v) is 12.4. The Balaban J connectivity index is 1.22. The number of tetrazole rings is 1. The molecule has 226 valence electrons. The molecule has 2 saturated heterocycles. The van der Waals surface area contributed by atoms with Crippen LogP contribution < -0.4 is 17.0 Å². The van der Waals surface area contributed by atoms with Crippen LogP contribution in [0.3, 0.4) is 0 Å². The minimum absolute atomic E-state index is 0.0773. The van der Waals surface area contributed by atoms with Crippen molar-refractivity contribution in [2.75, 3.05) is 13.2 Å². The van der Waals surface area contributed by atoms with Gasteiger partial charge in [0.05, 0.1) is 18.9 Å². The van der Waals surface area contributed by atoms with E-state index in [0.29, 0.717) is 0 Å². The molecular formula is C21H26N10O11. The third kappa shape index (κ3) is 6.78.